The summed E-state index contributed by atoms with van der Waals surface area (Å²) in [6.07, 6.45) is 0. The van der Waals surface area contributed by atoms with E-state index in [1.165, 1.54) is 18.2 Å². The summed E-state index contributed by atoms with van der Waals surface area (Å²) < 4.78 is 135. The van der Waals surface area contributed by atoms with Crippen LogP contribution in [-0.4, -0.2) is 27.9 Å². The normalized spacial score (nSPS) is 15.0. The van der Waals surface area contributed by atoms with Crippen LogP contribution in [0.25, 0.3) is 33.0 Å². The minimum atomic E-state index is -6.00. The van der Waals surface area contributed by atoms with Gasteiger partial charge in [-0.2, -0.15) is 43.2 Å². The minimum absolute atomic E-state index is 0.314. The molecule has 0 heterocycles. The monoisotopic (exact) mass is 662 g/mol. The van der Waals surface area contributed by atoms with Crippen molar-refractivity contribution in [2.75, 3.05) is 0 Å². The zero-order valence-electron chi connectivity index (χ0n) is 22.3. The summed E-state index contributed by atoms with van der Waals surface area (Å²) in [4.78, 5) is 0. The molecule has 5 aromatic carbocycles. The molecule has 7 rings (SSSR count). The van der Waals surface area contributed by atoms with Gasteiger partial charge in [-0.15, -0.1) is 0 Å². The predicted octanol–water partition coefficient (Wildman–Crippen LogP) is 7.64. The van der Waals surface area contributed by atoms with Crippen LogP contribution >= 0.6 is 0 Å². The van der Waals surface area contributed by atoms with Crippen molar-refractivity contribution in [1.29, 1.82) is 0 Å². The SMILES string of the molecule is O=S(=O)(Oc1ccc2c(c1)C1(c3ccccc3-c3ccccc31)c1c-2ccc2cc(OS(=O)(=O)C(F)(F)F)ccc12)C(F)(F)F. The van der Waals surface area contributed by atoms with E-state index in [1.807, 2.05) is 36.4 Å². The number of hydrogen-bond donors (Lipinski definition) is 0. The first-order chi connectivity index (χ1) is 21.1. The Bertz CT molecular complexity index is 2250. The first kappa shape index (κ1) is 29.2. The molecule has 0 saturated heterocycles. The Morgan fingerprint density at radius 1 is 0.511 bits per heavy atom. The molecule has 0 radical (unpaired) electrons. The lowest BCUT2D eigenvalue weighted by Crippen LogP contribution is -2.29. The molecule has 0 N–H and O–H groups in total. The average Bonchev–Trinajstić information content (AvgIpc) is 3.42. The number of rotatable bonds is 4. The van der Waals surface area contributed by atoms with Gasteiger partial charge in [0.15, 0.2) is 0 Å². The van der Waals surface area contributed by atoms with Gasteiger partial charge >= 0.3 is 31.3 Å². The second-order valence-electron chi connectivity index (χ2n) is 10.4. The van der Waals surface area contributed by atoms with Crippen molar-refractivity contribution in [3.63, 3.8) is 0 Å². The van der Waals surface area contributed by atoms with E-state index in [1.54, 1.807) is 24.3 Å². The average molecular weight is 663 g/mol. The van der Waals surface area contributed by atoms with Gasteiger partial charge in [0.25, 0.3) is 0 Å². The number of benzene rings is 5. The van der Waals surface area contributed by atoms with E-state index >= 15 is 0 Å². The van der Waals surface area contributed by atoms with Crippen LogP contribution in [0.5, 0.6) is 11.5 Å². The van der Waals surface area contributed by atoms with Gasteiger partial charge in [-0.3, -0.25) is 0 Å². The third-order valence-electron chi connectivity index (χ3n) is 7.98. The van der Waals surface area contributed by atoms with Crippen LogP contribution in [0.2, 0.25) is 0 Å². The van der Waals surface area contributed by atoms with Crippen LogP contribution in [0.3, 0.4) is 0 Å². The van der Waals surface area contributed by atoms with Crippen molar-refractivity contribution in [2.45, 2.75) is 16.4 Å². The summed E-state index contributed by atoms with van der Waals surface area (Å²) in [6.45, 7) is 0. The summed E-state index contributed by atoms with van der Waals surface area (Å²) in [7, 11) is -11.9. The lowest BCUT2D eigenvalue weighted by atomic mass is 9.69. The molecule has 0 aliphatic heterocycles. The molecule has 45 heavy (non-hydrogen) atoms. The Hall–Kier alpha value is -4.56. The third kappa shape index (κ3) is 4.08. The van der Waals surface area contributed by atoms with E-state index in [0.717, 1.165) is 40.5 Å². The summed E-state index contributed by atoms with van der Waals surface area (Å²) >= 11 is 0. The molecule has 0 fully saturated rings. The van der Waals surface area contributed by atoms with Gasteiger partial charge in [-0.25, -0.2) is 0 Å². The van der Waals surface area contributed by atoms with Gasteiger partial charge in [-0.05, 0) is 79.5 Å². The maximum atomic E-state index is 13.2. The highest BCUT2D eigenvalue weighted by molar-refractivity contribution is 7.88. The summed E-state index contributed by atoms with van der Waals surface area (Å²) in [5.74, 6) is -1.15. The number of alkyl halides is 6. The highest BCUT2D eigenvalue weighted by Gasteiger charge is 2.54. The van der Waals surface area contributed by atoms with Crippen molar-refractivity contribution in [1.82, 2.24) is 0 Å². The van der Waals surface area contributed by atoms with E-state index < -0.39 is 48.2 Å². The second-order valence-corrected chi connectivity index (χ2v) is 13.5. The molecule has 0 saturated carbocycles. The fraction of sp³-hybridized carbons (Fsp3) is 0.0968. The summed E-state index contributed by atoms with van der Waals surface area (Å²) in [6, 6.07) is 25.2. The molecule has 0 atom stereocenters. The molecule has 6 nitrogen and oxygen atoms in total. The third-order valence-corrected chi connectivity index (χ3v) is 9.94. The Labute approximate surface area is 251 Å². The van der Waals surface area contributed by atoms with E-state index in [2.05, 4.69) is 8.37 Å². The second kappa shape index (κ2) is 9.23. The fourth-order valence-corrected chi connectivity index (χ4v) is 7.29. The molecule has 2 aliphatic carbocycles. The van der Waals surface area contributed by atoms with Crippen LogP contribution < -0.4 is 8.37 Å². The van der Waals surface area contributed by atoms with Crippen molar-refractivity contribution < 1.29 is 51.5 Å². The summed E-state index contributed by atoms with van der Waals surface area (Å²) in [5, 5.41) is 0.797. The maximum absolute atomic E-state index is 13.2. The zero-order chi connectivity index (χ0) is 32.2. The van der Waals surface area contributed by atoms with Crippen molar-refractivity contribution in [2.24, 2.45) is 0 Å². The molecular weight excluding hydrogens is 646 g/mol. The molecule has 230 valence electrons. The van der Waals surface area contributed by atoms with Crippen LogP contribution in [0.1, 0.15) is 22.3 Å². The standard InChI is InChI=1S/C31H16F6O6S2/c32-30(33,34)44(38,39)42-18-10-13-20-17(15-18)9-12-24-23-14-11-19(43-45(40,41)31(35,36)37)16-27(23)29(28(20)24)25-7-3-1-5-21(25)22-6-2-4-8-26(22)29/h1-16H. The van der Waals surface area contributed by atoms with Crippen LogP contribution in [-0.2, 0) is 25.7 Å². The van der Waals surface area contributed by atoms with E-state index in [0.29, 0.717) is 33.0 Å². The Morgan fingerprint density at radius 2 is 0.978 bits per heavy atom. The molecule has 1 spiro atoms. The van der Waals surface area contributed by atoms with E-state index in [-0.39, 0.29) is 0 Å². The smallest absolute Gasteiger partial charge is 0.376 e. The molecule has 0 aromatic heterocycles. The molecule has 5 aromatic rings. The molecule has 0 unspecified atom stereocenters. The topological polar surface area (TPSA) is 86.7 Å². The predicted molar refractivity (Wildman–Crippen MR) is 151 cm³/mol. The van der Waals surface area contributed by atoms with E-state index in [4.69, 9.17) is 0 Å². The number of halogens is 6. The van der Waals surface area contributed by atoms with Crippen LogP contribution in [0.4, 0.5) is 26.3 Å². The fourth-order valence-electron chi connectivity index (χ4n) is 6.39. The van der Waals surface area contributed by atoms with Crippen molar-refractivity contribution >= 4 is 31.0 Å². The minimum Gasteiger partial charge on any atom is -0.376 e. The lowest BCUT2D eigenvalue weighted by Gasteiger charge is -2.31. The van der Waals surface area contributed by atoms with Gasteiger partial charge in [0, 0.05) is 0 Å². The molecule has 0 amide bonds. The first-order valence-electron chi connectivity index (χ1n) is 13.0. The first-order valence-corrected chi connectivity index (χ1v) is 15.8. The molecule has 2 aliphatic rings. The largest absolute Gasteiger partial charge is 0.534 e. The number of hydrogen-bond acceptors (Lipinski definition) is 6. The highest BCUT2D eigenvalue weighted by atomic mass is 32.2. The zero-order valence-corrected chi connectivity index (χ0v) is 23.9. The van der Waals surface area contributed by atoms with Gasteiger partial charge < -0.3 is 8.37 Å². The number of fused-ring (bicyclic) bond motifs is 12. The quantitative estimate of drug-likeness (QED) is 0.109. The molecular formula is C31H16F6O6S2. The van der Waals surface area contributed by atoms with Gasteiger partial charge in [-0.1, -0.05) is 72.8 Å². The molecule has 14 heteroatoms. The van der Waals surface area contributed by atoms with Gasteiger partial charge in [0.05, 0.1) is 5.41 Å². The highest BCUT2D eigenvalue weighted by Crippen LogP contribution is 2.64. The maximum Gasteiger partial charge on any atom is 0.534 e. The summed E-state index contributed by atoms with van der Waals surface area (Å²) in [5.41, 5.74) is -7.34. The molecule has 0 bridgehead atoms. The Morgan fingerprint density at radius 3 is 1.53 bits per heavy atom. The van der Waals surface area contributed by atoms with E-state index in [9.17, 15) is 43.2 Å². The lowest BCUT2D eigenvalue weighted by molar-refractivity contribution is -0.0504. The van der Waals surface area contributed by atoms with Crippen molar-refractivity contribution in [3.05, 3.63) is 119 Å². The van der Waals surface area contributed by atoms with Gasteiger partial charge in [0.2, 0.25) is 0 Å². The van der Waals surface area contributed by atoms with Gasteiger partial charge in [0.1, 0.15) is 11.5 Å². The van der Waals surface area contributed by atoms with Crippen LogP contribution in [0, 0.1) is 0 Å². The Kier molecular flexibility index (Phi) is 5.99. The van der Waals surface area contributed by atoms with Crippen molar-refractivity contribution in [3.8, 4) is 33.8 Å². The van der Waals surface area contributed by atoms with Crippen LogP contribution in [0.15, 0.2) is 97.1 Å². The Balaban J connectivity index is 1.53.